The van der Waals surface area contributed by atoms with Crippen LogP contribution in [0.4, 0.5) is 4.79 Å². The lowest BCUT2D eigenvalue weighted by Crippen LogP contribution is -2.48. The number of rotatable bonds is 3. The van der Waals surface area contributed by atoms with Crippen molar-refractivity contribution in [3.8, 4) is 0 Å². The first-order valence-electron chi connectivity index (χ1n) is 5.30. The second-order valence-electron chi connectivity index (χ2n) is 4.27. The van der Waals surface area contributed by atoms with Crippen molar-refractivity contribution in [2.24, 2.45) is 0 Å². The van der Waals surface area contributed by atoms with Crippen LogP contribution < -0.4 is 0 Å². The van der Waals surface area contributed by atoms with Gasteiger partial charge in [-0.2, -0.15) is 0 Å². The van der Waals surface area contributed by atoms with Crippen molar-refractivity contribution in [2.75, 3.05) is 13.2 Å². The summed E-state index contributed by atoms with van der Waals surface area (Å²) in [5.41, 5.74) is -0.473. The highest BCUT2D eigenvalue weighted by atomic mass is 16.6. The summed E-state index contributed by atoms with van der Waals surface area (Å²) in [4.78, 5) is 23.9. The van der Waals surface area contributed by atoms with E-state index in [1.54, 1.807) is 4.90 Å². The van der Waals surface area contributed by atoms with Gasteiger partial charge in [-0.1, -0.05) is 12.8 Å². The van der Waals surface area contributed by atoms with E-state index in [9.17, 15) is 9.59 Å². The molecule has 0 bridgehead atoms. The molecule has 1 heterocycles. The predicted octanol–water partition coefficient (Wildman–Crippen LogP) is 1.23. The number of aliphatic carboxylic acids is 1. The van der Waals surface area contributed by atoms with Crippen LogP contribution in [0.3, 0.4) is 0 Å². The minimum atomic E-state index is -0.836. The first kappa shape index (κ1) is 10.3. The molecule has 2 aliphatic rings. The van der Waals surface area contributed by atoms with E-state index in [0.717, 1.165) is 25.7 Å². The Balaban J connectivity index is 2.17. The molecule has 1 N–H and O–H groups in total. The Bertz CT molecular complexity index is 283. The smallest absolute Gasteiger partial charge is 0.410 e. The van der Waals surface area contributed by atoms with Gasteiger partial charge in [0.15, 0.2) is 0 Å². The third-order valence-corrected chi connectivity index (χ3v) is 3.35. The fourth-order valence-electron chi connectivity index (χ4n) is 2.68. The molecule has 0 aromatic heterocycles. The van der Waals surface area contributed by atoms with Crippen molar-refractivity contribution in [3.63, 3.8) is 0 Å². The summed E-state index contributed by atoms with van der Waals surface area (Å²) in [5, 5.41) is 8.91. The highest BCUT2D eigenvalue weighted by Gasteiger charge is 2.46. The van der Waals surface area contributed by atoms with E-state index in [1.807, 2.05) is 0 Å². The number of nitrogens with zero attached hydrogens (tertiary/aromatic N) is 1. The summed E-state index contributed by atoms with van der Waals surface area (Å²) < 4.78 is 4.88. The van der Waals surface area contributed by atoms with Crippen LogP contribution in [0, 0.1) is 0 Å². The summed E-state index contributed by atoms with van der Waals surface area (Å²) in [7, 11) is 0. The molecule has 15 heavy (non-hydrogen) atoms. The van der Waals surface area contributed by atoms with Crippen LogP contribution in [0.25, 0.3) is 0 Å². The van der Waals surface area contributed by atoms with Crippen LogP contribution in [0.1, 0.15) is 32.1 Å². The zero-order valence-electron chi connectivity index (χ0n) is 8.57. The van der Waals surface area contributed by atoms with E-state index in [1.165, 1.54) is 0 Å². The fraction of sp³-hybridized carbons (Fsp3) is 0.800. The second kappa shape index (κ2) is 3.72. The number of carbonyl (C=O) groups is 2. The molecule has 5 nitrogen and oxygen atoms in total. The Morgan fingerprint density at radius 1 is 1.47 bits per heavy atom. The van der Waals surface area contributed by atoms with Crippen molar-refractivity contribution in [2.45, 2.75) is 37.6 Å². The van der Waals surface area contributed by atoms with Gasteiger partial charge in [0.25, 0.3) is 0 Å². The maximum Gasteiger partial charge on any atom is 0.410 e. The van der Waals surface area contributed by atoms with Crippen molar-refractivity contribution in [3.05, 3.63) is 0 Å². The molecule has 0 aromatic rings. The lowest BCUT2D eigenvalue weighted by molar-refractivity contribution is -0.139. The van der Waals surface area contributed by atoms with Gasteiger partial charge < -0.3 is 9.84 Å². The molecule has 1 aliphatic carbocycles. The number of ether oxygens (including phenoxy) is 1. The molecule has 0 spiro atoms. The first-order chi connectivity index (χ1) is 7.14. The molecular weight excluding hydrogens is 198 g/mol. The molecule has 5 heteroatoms. The van der Waals surface area contributed by atoms with E-state index in [4.69, 9.17) is 9.84 Å². The lowest BCUT2D eigenvalue weighted by Gasteiger charge is -2.35. The highest BCUT2D eigenvalue weighted by Crippen LogP contribution is 2.39. The Morgan fingerprint density at radius 2 is 2.13 bits per heavy atom. The van der Waals surface area contributed by atoms with Gasteiger partial charge >= 0.3 is 12.1 Å². The number of hydrogen-bond donors (Lipinski definition) is 1. The van der Waals surface area contributed by atoms with Gasteiger partial charge in [0.1, 0.15) is 6.61 Å². The van der Waals surface area contributed by atoms with Gasteiger partial charge in [-0.25, -0.2) is 4.79 Å². The normalized spacial score (nSPS) is 24.3. The third-order valence-electron chi connectivity index (χ3n) is 3.35. The second-order valence-corrected chi connectivity index (χ2v) is 4.27. The number of carboxylic acids is 1. The Labute approximate surface area is 88.0 Å². The zero-order chi connectivity index (χ0) is 10.9. The summed E-state index contributed by atoms with van der Waals surface area (Å²) in [6, 6.07) is 0. The summed E-state index contributed by atoms with van der Waals surface area (Å²) in [6.07, 6.45) is 3.26. The summed E-state index contributed by atoms with van der Waals surface area (Å²) in [6.45, 7) is 0.923. The summed E-state index contributed by atoms with van der Waals surface area (Å²) >= 11 is 0. The highest BCUT2D eigenvalue weighted by molar-refractivity contribution is 5.74. The number of carboxylic acid groups (broad SMARTS) is 1. The molecule has 1 saturated carbocycles. The van der Waals surface area contributed by atoms with E-state index in [2.05, 4.69) is 0 Å². The van der Waals surface area contributed by atoms with Gasteiger partial charge in [-0.05, 0) is 12.8 Å². The van der Waals surface area contributed by atoms with E-state index in [-0.39, 0.29) is 12.5 Å². The van der Waals surface area contributed by atoms with E-state index >= 15 is 0 Å². The van der Waals surface area contributed by atoms with Crippen LogP contribution in [-0.2, 0) is 9.53 Å². The predicted molar refractivity (Wildman–Crippen MR) is 51.5 cm³/mol. The van der Waals surface area contributed by atoms with Crippen LogP contribution in [0.5, 0.6) is 0 Å². The first-order valence-corrected chi connectivity index (χ1v) is 5.30. The quantitative estimate of drug-likeness (QED) is 0.765. The van der Waals surface area contributed by atoms with Crippen molar-refractivity contribution >= 4 is 12.1 Å². The number of amides is 1. The van der Waals surface area contributed by atoms with Crippen LogP contribution in [-0.4, -0.2) is 40.8 Å². The standard InChI is InChI=1S/C10H15NO4/c12-8(13)7-10(3-1-2-4-10)11-5-6-15-9(11)14/h1-7H2,(H,12,13). The third kappa shape index (κ3) is 1.78. The Morgan fingerprint density at radius 3 is 2.60 bits per heavy atom. The van der Waals surface area contributed by atoms with Crippen LogP contribution in [0.2, 0.25) is 0 Å². The maximum atomic E-state index is 11.5. The topological polar surface area (TPSA) is 66.8 Å². The molecule has 2 fully saturated rings. The molecule has 1 amide bonds. The molecule has 0 aromatic carbocycles. The average molecular weight is 213 g/mol. The molecule has 2 rings (SSSR count). The van der Waals surface area contributed by atoms with E-state index < -0.39 is 11.5 Å². The van der Waals surface area contributed by atoms with Crippen molar-refractivity contribution < 1.29 is 19.4 Å². The SMILES string of the molecule is O=C(O)CC1(N2CCOC2=O)CCCC1. The number of carbonyl (C=O) groups excluding carboxylic acids is 1. The van der Waals surface area contributed by atoms with Crippen molar-refractivity contribution in [1.29, 1.82) is 0 Å². The van der Waals surface area contributed by atoms with Crippen LogP contribution >= 0.6 is 0 Å². The fourth-order valence-corrected chi connectivity index (χ4v) is 2.68. The molecule has 0 radical (unpaired) electrons. The lowest BCUT2D eigenvalue weighted by atomic mass is 9.91. The van der Waals surface area contributed by atoms with Gasteiger partial charge in [0, 0.05) is 0 Å². The minimum absolute atomic E-state index is 0.0437. The molecule has 0 atom stereocenters. The van der Waals surface area contributed by atoms with Gasteiger partial charge in [-0.15, -0.1) is 0 Å². The Hall–Kier alpha value is -1.26. The molecule has 84 valence electrons. The average Bonchev–Trinajstić information content (AvgIpc) is 2.73. The van der Waals surface area contributed by atoms with Crippen molar-refractivity contribution in [1.82, 2.24) is 4.90 Å². The summed E-state index contributed by atoms with van der Waals surface area (Å²) in [5.74, 6) is -0.836. The largest absolute Gasteiger partial charge is 0.481 e. The molecule has 1 saturated heterocycles. The minimum Gasteiger partial charge on any atom is -0.481 e. The van der Waals surface area contributed by atoms with Gasteiger partial charge in [0.05, 0.1) is 18.5 Å². The van der Waals surface area contributed by atoms with Gasteiger partial charge in [-0.3, -0.25) is 9.69 Å². The molecule has 1 aliphatic heterocycles. The number of cyclic esters (lactones) is 1. The van der Waals surface area contributed by atoms with E-state index in [0.29, 0.717) is 13.2 Å². The molecular formula is C10H15NO4. The Kier molecular flexibility index (Phi) is 2.54. The monoisotopic (exact) mass is 213 g/mol. The maximum absolute atomic E-state index is 11.5. The van der Waals surface area contributed by atoms with Gasteiger partial charge in [0.2, 0.25) is 0 Å². The molecule has 0 unspecified atom stereocenters. The number of hydrogen-bond acceptors (Lipinski definition) is 3. The van der Waals surface area contributed by atoms with Crippen LogP contribution in [0.15, 0.2) is 0 Å². The zero-order valence-corrected chi connectivity index (χ0v) is 8.57.